The van der Waals surface area contributed by atoms with E-state index in [9.17, 15) is 0 Å². The summed E-state index contributed by atoms with van der Waals surface area (Å²) in [4.78, 5) is 2.66. The highest BCUT2D eigenvalue weighted by molar-refractivity contribution is 5.28. The van der Waals surface area contributed by atoms with Crippen LogP contribution in [0.4, 0.5) is 0 Å². The molecule has 1 saturated heterocycles. The van der Waals surface area contributed by atoms with Gasteiger partial charge in [0, 0.05) is 18.6 Å². The Kier molecular flexibility index (Phi) is 5.41. The van der Waals surface area contributed by atoms with Crippen molar-refractivity contribution in [3.8, 4) is 0 Å². The molecule has 19 heavy (non-hydrogen) atoms. The minimum absolute atomic E-state index is 0.539. The van der Waals surface area contributed by atoms with Crippen molar-refractivity contribution in [3.05, 3.63) is 35.4 Å². The highest BCUT2D eigenvalue weighted by atomic mass is 15.2. The summed E-state index contributed by atoms with van der Waals surface area (Å²) in [5, 5.41) is 3.66. The average molecular weight is 260 g/mol. The lowest BCUT2D eigenvalue weighted by molar-refractivity contribution is 0.181. The Hall–Kier alpha value is -0.860. The van der Waals surface area contributed by atoms with E-state index in [0.717, 1.165) is 6.54 Å². The van der Waals surface area contributed by atoms with E-state index in [1.807, 2.05) is 0 Å². The van der Waals surface area contributed by atoms with Crippen LogP contribution in [0.5, 0.6) is 0 Å². The third-order valence-electron chi connectivity index (χ3n) is 4.50. The Labute approximate surface area is 118 Å². The Morgan fingerprint density at radius 1 is 1.32 bits per heavy atom. The molecule has 2 atom stereocenters. The zero-order valence-corrected chi connectivity index (χ0v) is 12.7. The molecule has 106 valence electrons. The van der Waals surface area contributed by atoms with Crippen LogP contribution in [0.1, 0.15) is 50.3 Å². The van der Waals surface area contributed by atoms with Gasteiger partial charge in [0.2, 0.25) is 0 Å². The highest BCUT2D eigenvalue weighted by Crippen LogP contribution is 2.24. The molecule has 0 bridgehead atoms. The quantitative estimate of drug-likeness (QED) is 0.894. The van der Waals surface area contributed by atoms with Crippen LogP contribution in [0, 0.1) is 6.92 Å². The fraction of sp³-hybridized carbons (Fsp3) is 0.647. The topological polar surface area (TPSA) is 15.3 Å². The molecule has 0 saturated carbocycles. The molecule has 0 spiro atoms. The molecule has 0 aliphatic carbocycles. The number of hydrogen-bond acceptors (Lipinski definition) is 2. The molecule has 0 aromatic heterocycles. The van der Waals surface area contributed by atoms with Crippen molar-refractivity contribution in [2.45, 2.75) is 52.1 Å². The van der Waals surface area contributed by atoms with Gasteiger partial charge in [-0.25, -0.2) is 0 Å². The second-order valence-corrected chi connectivity index (χ2v) is 5.77. The summed E-state index contributed by atoms with van der Waals surface area (Å²) in [5.74, 6) is 0. The van der Waals surface area contributed by atoms with Gasteiger partial charge in [0.1, 0.15) is 0 Å². The minimum Gasteiger partial charge on any atom is -0.314 e. The maximum absolute atomic E-state index is 3.66. The molecule has 1 aromatic carbocycles. The molecule has 1 aliphatic heterocycles. The molecule has 2 heteroatoms. The number of nitrogens with zero attached hydrogens (tertiary/aromatic N) is 1. The molecule has 1 N–H and O–H groups in total. The van der Waals surface area contributed by atoms with Gasteiger partial charge in [0.15, 0.2) is 0 Å². The number of benzene rings is 1. The molecular formula is C17H28N2. The van der Waals surface area contributed by atoms with Gasteiger partial charge < -0.3 is 5.32 Å². The Balaban J connectivity index is 2.05. The largest absolute Gasteiger partial charge is 0.314 e. The van der Waals surface area contributed by atoms with Gasteiger partial charge in [0.05, 0.1) is 0 Å². The third-order valence-corrected chi connectivity index (χ3v) is 4.50. The van der Waals surface area contributed by atoms with Gasteiger partial charge in [-0.05, 0) is 57.3 Å². The van der Waals surface area contributed by atoms with Gasteiger partial charge in [-0.1, -0.05) is 31.2 Å². The second-order valence-electron chi connectivity index (χ2n) is 5.77. The third kappa shape index (κ3) is 3.80. The van der Waals surface area contributed by atoms with Crippen molar-refractivity contribution in [1.82, 2.24) is 10.2 Å². The molecule has 2 unspecified atom stereocenters. The van der Waals surface area contributed by atoms with Crippen molar-refractivity contribution in [3.63, 3.8) is 0 Å². The summed E-state index contributed by atoms with van der Waals surface area (Å²) < 4.78 is 0. The summed E-state index contributed by atoms with van der Waals surface area (Å²) >= 11 is 0. The second kappa shape index (κ2) is 7.06. The summed E-state index contributed by atoms with van der Waals surface area (Å²) in [6.07, 6.45) is 3.77. The van der Waals surface area contributed by atoms with Crippen LogP contribution in [0.15, 0.2) is 24.3 Å². The SMILES string of the molecule is CCC1CCN(C(C)c2ccccc2C)CCCN1. The average Bonchev–Trinajstić information content (AvgIpc) is 2.39. The van der Waals surface area contributed by atoms with Crippen molar-refractivity contribution >= 4 is 0 Å². The maximum atomic E-state index is 3.66. The van der Waals surface area contributed by atoms with E-state index in [1.165, 1.54) is 43.5 Å². The minimum atomic E-state index is 0.539. The monoisotopic (exact) mass is 260 g/mol. The molecule has 1 fully saturated rings. The fourth-order valence-electron chi connectivity index (χ4n) is 3.11. The summed E-state index contributed by atoms with van der Waals surface area (Å²) in [6, 6.07) is 10.1. The predicted octanol–water partition coefficient (Wildman–Crippen LogP) is 3.52. The Morgan fingerprint density at radius 2 is 2.11 bits per heavy atom. The van der Waals surface area contributed by atoms with Crippen molar-refractivity contribution in [2.24, 2.45) is 0 Å². The fourth-order valence-corrected chi connectivity index (χ4v) is 3.11. The molecule has 1 heterocycles. The van der Waals surface area contributed by atoms with Crippen LogP contribution < -0.4 is 5.32 Å². The van der Waals surface area contributed by atoms with E-state index in [2.05, 4.69) is 55.3 Å². The van der Waals surface area contributed by atoms with Crippen LogP contribution in [0.3, 0.4) is 0 Å². The molecule has 1 aliphatic rings. The maximum Gasteiger partial charge on any atom is 0.0322 e. The Morgan fingerprint density at radius 3 is 2.84 bits per heavy atom. The van der Waals surface area contributed by atoms with E-state index in [4.69, 9.17) is 0 Å². The lowest BCUT2D eigenvalue weighted by Crippen LogP contribution is -2.40. The van der Waals surface area contributed by atoms with Crippen molar-refractivity contribution in [1.29, 1.82) is 0 Å². The Bertz CT molecular complexity index is 389. The zero-order valence-electron chi connectivity index (χ0n) is 12.7. The first-order valence-electron chi connectivity index (χ1n) is 7.75. The first kappa shape index (κ1) is 14.5. The van der Waals surface area contributed by atoms with Gasteiger partial charge in [0.25, 0.3) is 0 Å². The van der Waals surface area contributed by atoms with Gasteiger partial charge >= 0.3 is 0 Å². The molecule has 2 nitrogen and oxygen atoms in total. The number of hydrogen-bond donors (Lipinski definition) is 1. The summed E-state index contributed by atoms with van der Waals surface area (Å²) in [5.41, 5.74) is 2.91. The smallest absolute Gasteiger partial charge is 0.0322 e. The van der Waals surface area contributed by atoms with Crippen molar-refractivity contribution < 1.29 is 0 Å². The number of nitrogens with one attached hydrogen (secondary N) is 1. The molecule has 0 amide bonds. The van der Waals surface area contributed by atoms with Crippen LogP contribution >= 0.6 is 0 Å². The summed E-state index contributed by atoms with van der Waals surface area (Å²) in [7, 11) is 0. The number of rotatable bonds is 3. The molecule has 0 radical (unpaired) electrons. The van der Waals surface area contributed by atoms with Gasteiger partial charge in [-0.15, -0.1) is 0 Å². The van der Waals surface area contributed by atoms with Crippen LogP contribution in [-0.2, 0) is 0 Å². The molecule has 2 rings (SSSR count). The predicted molar refractivity (Wildman–Crippen MR) is 82.5 cm³/mol. The van der Waals surface area contributed by atoms with Gasteiger partial charge in [-0.3, -0.25) is 4.90 Å². The normalized spacial score (nSPS) is 23.6. The first-order chi connectivity index (χ1) is 9.22. The zero-order chi connectivity index (χ0) is 13.7. The standard InChI is InChI=1S/C17H28N2/c1-4-16-10-13-19(12-7-11-18-16)15(3)17-9-6-5-8-14(17)2/h5-6,8-9,15-16,18H,4,7,10-13H2,1-3H3. The number of aryl methyl sites for hydroxylation is 1. The molecular weight excluding hydrogens is 232 g/mol. The van der Waals surface area contributed by atoms with E-state index >= 15 is 0 Å². The van der Waals surface area contributed by atoms with E-state index in [1.54, 1.807) is 0 Å². The van der Waals surface area contributed by atoms with E-state index in [0.29, 0.717) is 12.1 Å². The van der Waals surface area contributed by atoms with Crippen LogP contribution in [0.2, 0.25) is 0 Å². The van der Waals surface area contributed by atoms with E-state index < -0.39 is 0 Å². The van der Waals surface area contributed by atoms with E-state index in [-0.39, 0.29) is 0 Å². The molecule has 1 aromatic rings. The van der Waals surface area contributed by atoms with Gasteiger partial charge in [-0.2, -0.15) is 0 Å². The lowest BCUT2D eigenvalue weighted by Gasteiger charge is -2.34. The van der Waals surface area contributed by atoms with Crippen LogP contribution in [-0.4, -0.2) is 30.6 Å². The lowest BCUT2D eigenvalue weighted by atomic mass is 10.00. The van der Waals surface area contributed by atoms with Crippen LogP contribution in [0.25, 0.3) is 0 Å². The first-order valence-corrected chi connectivity index (χ1v) is 7.75. The highest BCUT2D eigenvalue weighted by Gasteiger charge is 2.20. The summed E-state index contributed by atoms with van der Waals surface area (Å²) in [6.45, 7) is 10.5. The van der Waals surface area contributed by atoms with Crippen molar-refractivity contribution in [2.75, 3.05) is 19.6 Å².